The minimum Gasteiger partial charge on any atom is -0.407 e. The molecule has 0 heterocycles. The van der Waals surface area contributed by atoms with Gasteiger partial charge in [0.05, 0.1) is 12.2 Å². The van der Waals surface area contributed by atoms with Crippen LogP contribution in [0.25, 0.3) is 0 Å². The summed E-state index contributed by atoms with van der Waals surface area (Å²) in [4.78, 5) is 0. The number of rotatable bonds is 8. The van der Waals surface area contributed by atoms with Crippen molar-refractivity contribution in [1.29, 1.82) is 0 Å². The fourth-order valence-electron chi connectivity index (χ4n) is 2.35. The summed E-state index contributed by atoms with van der Waals surface area (Å²) in [5, 5.41) is 9.17. The lowest BCUT2D eigenvalue weighted by molar-refractivity contribution is 0.130. The number of hydrogen-bond donors (Lipinski definition) is 1. The van der Waals surface area contributed by atoms with Crippen LogP contribution in [0.2, 0.25) is 18.1 Å². The van der Waals surface area contributed by atoms with E-state index in [4.69, 9.17) is 10.8 Å². The van der Waals surface area contributed by atoms with Gasteiger partial charge in [0.1, 0.15) is 0 Å². The minimum absolute atomic E-state index is 0.0580. The van der Waals surface area contributed by atoms with Crippen molar-refractivity contribution in [2.75, 3.05) is 6.61 Å². The number of hydrogen-bond acceptors (Lipinski definition) is 2. The van der Waals surface area contributed by atoms with Gasteiger partial charge in [-0.25, -0.2) is 0 Å². The summed E-state index contributed by atoms with van der Waals surface area (Å²) in [6, 6.07) is 3.31. The van der Waals surface area contributed by atoms with Crippen molar-refractivity contribution in [3.8, 4) is 12.3 Å². The first-order valence-electron chi connectivity index (χ1n) is 6.83. The van der Waals surface area contributed by atoms with Crippen LogP contribution >= 0.6 is 0 Å². The van der Waals surface area contributed by atoms with E-state index in [9.17, 15) is 5.11 Å². The molecule has 0 aliphatic rings. The molecule has 3 heteroatoms. The van der Waals surface area contributed by atoms with Crippen LogP contribution in [-0.2, 0) is 4.43 Å². The van der Waals surface area contributed by atoms with E-state index in [-0.39, 0.29) is 6.61 Å². The van der Waals surface area contributed by atoms with Gasteiger partial charge >= 0.3 is 0 Å². The summed E-state index contributed by atoms with van der Waals surface area (Å²) in [6.07, 6.45) is 8.02. The van der Waals surface area contributed by atoms with E-state index in [1.165, 1.54) is 0 Å². The summed E-state index contributed by atoms with van der Waals surface area (Å²) in [5.74, 6) is 2.70. The van der Waals surface area contributed by atoms with Gasteiger partial charge in [-0.2, -0.15) is 0 Å². The van der Waals surface area contributed by atoms with Crippen molar-refractivity contribution >= 4 is 8.32 Å². The molecule has 2 nitrogen and oxygen atoms in total. The third kappa shape index (κ3) is 4.97. The van der Waals surface area contributed by atoms with Gasteiger partial charge in [0.15, 0.2) is 8.32 Å². The smallest absolute Gasteiger partial charge is 0.193 e. The monoisotopic (exact) mass is 268 g/mol. The maximum absolute atomic E-state index is 9.17. The Morgan fingerprint density at radius 2 is 1.83 bits per heavy atom. The first kappa shape index (κ1) is 17.4. The van der Waals surface area contributed by atoms with E-state index >= 15 is 0 Å². The molecule has 0 spiro atoms. The molecule has 0 aliphatic heterocycles. The molecule has 1 atom stereocenters. The number of terminal acetylenes is 1. The van der Waals surface area contributed by atoms with Gasteiger partial charge in [-0.1, -0.05) is 26.8 Å². The Bertz CT molecular complexity index is 305. The molecule has 0 aromatic heterocycles. The molecule has 0 aromatic carbocycles. The Labute approximate surface area is 114 Å². The van der Waals surface area contributed by atoms with Gasteiger partial charge in [-0.3, -0.25) is 0 Å². The second-order valence-electron chi connectivity index (χ2n) is 5.19. The normalized spacial score (nSPS) is 16.2. The predicted octanol–water partition coefficient (Wildman–Crippen LogP) is 3.73. The zero-order valence-electron chi connectivity index (χ0n) is 12.5. The summed E-state index contributed by atoms with van der Waals surface area (Å²) < 4.78 is 6.50. The van der Waals surface area contributed by atoms with Gasteiger partial charge < -0.3 is 9.53 Å². The van der Waals surface area contributed by atoms with Crippen molar-refractivity contribution in [3.63, 3.8) is 0 Å². The summed E-state index contributed by atoms with van der Waals surface area (Å²) in [6.45, 7) is 10.6. The highest BCUT2D eigenvalue weighted by molar-refractivity contribution is 6.73. The first-order valence-corrected chi connectivity index (χ1v) is 9.36. The molecule has 0 bridgehead atoms. The zero-order chi connectivity index (χ0) is 14.2. The minimum atomic E-state index is -1.69. The third-order valence-corrected chi connectivity index (χ3v) is 8.40. The molecule has 1 N–H and O–H groups in total. The van der Waals surface area contributed by atoms with Crippen LogP contribution in [-0.4, -0.2) is 25.6 Å². The quantitative estimate of drug-likeness (QED) is 0.413. The third-order valence-electron chi connectivity index (χ3n) is 3.64. The van der Waals surface area contributed by atoms with Gasteiger partial charge in [-0.05, 0) is 37.6 Å². The highest BCUT2D eigenvalue weighted by Crippen LogP contribution is 2.31. The van der Waals surface area contributed by atoms with E-state index in [0.717, 1.165) is 23.7 Å². The second-order valence-corrected chi connectivity index (χ2v) is 9.88. The van der Waals surface area contributed by atoms with Crippen LogP contribution in [0.5, 0.6) is 0 Å². The fourth-order valence-corrected chi connectivity index (χ4v) is 5.40. The van der Waals surface area contributed by atoms with Crippen LogP contribution in [0.4, 0.5) is 0 Å². The van der Waals surface area contributed by atoms with Gasteiger partial charge in [0.25, 0.3) is 0 Å². The molecule has 18 heavy (non-hydrogen) atoms. The Morgan fingerprint density at radius 1 is 1.33 bits per heavy atom. The molecule has 0 fully saturated rings. The molecular weight excluding hydrogens is 240 g/mol. The predicted molar refractivity (Wildman–Crippen MR) is 81.0 cm³/mol. The van der Waals surface area contributed by atoms with Crippen molar-refractivity contribution in [3.05, 3.63) is 11.6 Å². The Kier molecular flexibility index (Phi) is 7.54. The molecule has 0 aliphatic carbocycles. The lowest BCUT2D eigenvalue weighted by Gasteiger charge is -2.38. The van der Waals surface area contributed by atoms with E-state index < -0.39 is 13.9 Å². The van der Waals surface area contributed by atoms with E-state index in [2.05, 4.69) is 26.7 Å². The Morgan fingerprint density at radius 3 is 2.17 bits per heavy atom. The lowest BCUT2D eigenvalue weighted by Crippen LogP contribution is -2.45. The van der Waals surface area contributed by atoms with Crippen molar-refractivity contribution < 1.29 is 9.53 Å². The Balaban J connectivity index is 5.18. The molecule has 0 saturated heterocycles. The van der Waals surface area contributed by atoms with Crippen molar-refractivity contribution in [2.24, 2.45) is 0 Å². The number of aliphatic hydroxyl groups excluding tert-OH is 1. The van der Waals surface area contributed by atoms with Gasteiger partial charge in [0.2, 0.25) is 0 Å². The average Bonchev–Trinajstić information content (AvgIpc) is 2.36. The van der Waals surface area contributed by atoms with Crippen LogP contribution in [0.1, 0.15) is 41.0 Å². The molecular formula is C15H28O2Si. The SMILES string of the molecule is C#CC[C@](C)(/C=C(\C)CO)O[Si](CC)(CC)CC. The zero-order valence-corrected chi connectivity index (χ0v) is 13.5. The maximum atomic E-state index is 9.17. The fraction of sp³-hybridized carbons (Fsp3) is 0.733. The van der Waals surface area contributed by atoms with Crippen LogP contribution in [0.3, 0.4) is 0 Å². The molecule has 0 radical (unpaired) electrons. The molecule has 0 aromatic rings. The molecule has 104 valence electrons. The standard InChI is InChI=1S/C15H28O2Si/c1-7-11-15(6,12-14(5)13-16)17-18(8-2,9-3)10-4/h1,12,16H,8-11,13H2,2-6H3/b14-12+/t15-/m1/s1. The van der Waals surface area contributed by atoms with Gasteiger partial charge in [0, 0.05) is 6.42 Å². The largest absolute Gasteiger partial charge is 0.407 e. The molecule has 0 rings (SSSR count). The molecule has 0 saturated carbocycles. The second kappa shape index (κ2) is 7.78. The van der Waals surface area contributed by atoms with Crippen LogP contribution < -0.4 is 0 Å². The maximum Gasteiger partial charge on any atom is 0.193 e. The summed E-state index contributed by atoms with van der Waals surface area (Å²) in [7, 11) is -1.69. The summed E-state index contributed by atoms with van der Waals surface area (Å²) >= 11 is 0. The number of aliphatic hydroxyl groups is 1. The van der Waals surface area contributed by atoms with E-state index in [1.807, 2.05) is 19.9 Å². The Hall–Kier alpha value is -0.563. The van der Waals surface area contributed by atoms with E-state index in [1.54, 1.807) is 0 Å². The lowest BCUT2D eigenvalue weighted by atomic mass is 10.00. The van der Waals surface area contributed by atoms with Crippen molar-refractivity contribution in [1.82, 2.24) is 0 Å². The highest BCUT2D eigenvalue weighted by Gasteiger charge is 2.36. The topological polar surface area (TPSA) is 29.5 Å². The highest BCUT2D eigenvalue weighted by atomic mass is 28.4. The summed E-state index contributed by atoms with van der Waals surface area (Å²) in [5.41, 5.74) is 0.481. The first-order chi connectivity index (χ1) is 8.40. The molecule has 0 unspecified atom stereocenters. The van der Waals surface area contributed by atoms with Gasteiger partial charge in [-0.15, -0.1) is 12.3 Å². The van der Waals surface area contributed by atoms with E-state index in [0.29, 0.717) is 6.42 Å². The van der Waals surface area contributed by atoms with Crippen LogP contribution in [0, 0.1) is 12.3 Å². The van der Waals surface area contributed by atoms with Crippen molar-refractivity contribution in [2.45, 2.75) is 64.8 Å². The molecule has 0 amide bonds. The van der Waals surface area contributed by atoms with Crippen LogP contribution in [0.15, 0.2) is 11.6 Å². The average molecular weight is 268 g/mol.